The highest BCUT2D eigenvalue weighted by Gasteiger charge is 2.43. The number of H-pyrrole nitrogens is 1. The van der Waals surface area contributed by atoms with E-state index in [0.29, 0.717) is 0 Å². The number of ketones is 1. The lowest BCUT2D eigenvalue weighted by molar-refractivity contribution is -0.145. The number of amides is 1. The molecule has 7 heteroatoms. The van der Waals surface area contributed by atoms with Crippen LogP contribution in [0.25, 0.3) is 33.3 Å². The Hall–Kier alpha value is -3.87. The van der Waals surface area contributed by atoms with Crippen LogP contribution in [-0.2, 0) is 16.0 Å². The molecule has 0 atom stereocenters. The van der Waals surface area contributed by atoms with Gasteiger partial charge >= 0.3 is 0 Å². The fourth-order valence-corrected chi connectivity index (χ4v) is 5.31. The van der Waals surface area contributed by atoms with E-state index in [-0.39, 0.29) is 30.2 Å². The van der Waals surface area contributed by atoms with Gasteiger partial charge in [-0.05, 0) is 54.5 Å². The number of hydrogen-bond acceptors (Lipinski definition) is 5. The van der Waals surface area contributed by atoms with Crippen LogP contribution in [0.3, 0.4) is 0 Å². The van der Waals surface area contributed by atoms with Crippen LogP contribution in [0.5, 0.6) is 0 Å². The summed E-state index contributed by atoms with van der Waals surface area (Å²) < 4.78 is 0. The van der Waals surface area contributed by atoms with Crippen molar-refractivity contribution in [2.75, 3.05) is 0 Å². The SMILES string of the molecule is O=C(Cc1ccc(-c2cncc(-c3ccnc4[nH]ncc34)c2)cc1)C(=O)N1C2CCC1CC2. The largest absolute Gasteiger partial charge is 0.330 e. The van der Waals surface area contributed by atoms with Crippen LogP contribution in [0, 0.1) is 0 Å². The molecule has 1 N–H and O–H groups in total. The fraction of sp³-hybridized carbons (Fsp3) is 0.269. The Morgan fingerprint density at radius 1 is 0.909 bits per heavy atom. The highest BCUT2D eigenvalue weighted by atomic mass is 16.2. The standard InChI is InChI=1S/C26H23N5O2/c32-24(26(33)31-20-5-6-21(31)8-7-20)11-16-1-3-17(4-2-16)18-12-19(14-27-13-18)22-9-10-28-25-23(22)15-29-30-25/h1-4,9-10,12-15,20-21H,5-8,11H2,(H,28,29,30). The molecular formula is C26H23N5O2. The monoisotopic (exact) mass is 437 g/mol. The maximum absolute atomic E-state index is 12.7. The van der Waals surface area contributed by atoms with Gasteiger partial charge in [0.2, 0.25) is 5.78 Å². The number of nitrogens with zero attached hydrogens (tertiary/aromatic N) is 4. The molecular weight excluding hydrogens is 414 g/mol. The first-order chi connectivity index (χ1) is 16.2. The van der Waals surface area contributed by atoms with Crippen molar-refractivity contribution < 1.29 is 9.59 Å². The molecule has 0 aliphatic carbocycles. The van der Waals surface area contributed by atoms with Crippen molar-refractivity contribution in [1.82, 2.24) is 25.1 Å². The first-order valence-electron chi connectivity index (χ1n) is 11.4. The molecule has 2 aliphatic rings. The van der Waals surface area contributed by atoms with Gasteiger partial charge < -0.3 is 4.90 Å². The predicted molar refractivity (Wildman–Crippen MR) is 124 cm³/mol. The average molecular weight is 438 g/mol. The minimum absolute atomic E-state index is 0.142. The molecule has 0 unspecified atom stereocenters. The van der Waals surface area contributed by atoms with Crippen LogP contribution in [0.4, 0.5) is 0 Å². The molecule has 3 aromatic heterocycles. The highest BCUT2D eigenvalue weighted by Crippen LogP contribution is 2.37. The third-order valence-corrected chi connectivity index (χ3v) is 6.98. The zero-order valence-electron chi connectivity index (χ0n) is 18.1. The highest BCUT2D eigenvalue weighted by molar-refractivity contribution is 6.36. The molecule has 5 heterocycles. The number of rotatable bonds is 5. The Labute approximate surface area is 190 Å². The van der Waals surface area contributed by atoms with Gasteiger partial charge in [0.25, 0.3) is 5.91 Å². The summed E-state index contributed by atoms with van der Waals surface area (Å²) in [5.74, 6) is -0.615. The molecule has 2 saturated heterocycles. The lowest BCUT2D eigenvalue weighted by atomic mass is 9.99. The number of carbonyl (C=O) groups is 2. The maximum atomic E-state index is 12.7. The van der Waals surface area contributed by atoms with Crippen molar-refractivity contribution >= 4 is 22.7 Å². The Morgan fingerprint density at radius 3 is 2.39 bits per heavy atom. The number of Topliss-reactive ketones (excluding diaryl/α,β-unsaturated/α-hetero) is 1. The van der Waals surface area contributed by atoms with Crippen molar-refractivity contribution in [3.63, 3.8) is 0 Å². The number of carbonyl (C=O) groups excluding carboxylic acids is 2. The second-order valence-corrected chi connectivity index (χ2v) is 8.92. The third-order valence-electron chi connectivity index (χ3n) is 6.98. The van der Waals surface area contributed by atoms with Gasteiger partial charge in [-0.25, -0.2) is 4.98 Å². The van der Waals surface area contributed by atoms with Gasteiger partial charge in [0.05, 0.1) is 6.20 Å². The molecule has 1 amide bonds. The summed E-state index contributed by atoms with van der Waals surface area (Å²) in [5.41, 5.74) is 5.56. The van der Waals surface area contributed by atoms with Crippen molar-refractivity contribution in [3.8, 4) is 22.3 Å². The van der Waals surface area contributed by atoms with Gasteiger partial charge in [-0.1, -0.05) is 24.3 Å². The Morgan fingerprint density at radius 2 is 1.64 bits per heavy atom. The molecule has 6 rings (SSSR count). The van der Waals surface area contributed by atoms with E-state index in [1.165, 1.54) is 0 Å². The van der Waals surface area contributed by atoms with Crippen LogP contribution >= 0.6 is 0 Å². The first-order valence-corrected chi connectivity index (χ1v) is 11.4. The maximum Gasteiger partial charge on any atom is 0.290 e. The molecule has 0 radical (unpaired) electrons. The first kappa shape index (κ1) is 19.8. The van der Waals surface area contributed by atoms with Crippen LogP contribution in [-0.4, -0.2) is 48.8 Å². The lowest BCUT2D eigenvalue weighted by Crippen LogP contribution is -2.40. The summed E-state index contributed by atoms with van der Waals surface area (Å²) in [6.45, 7) is 0. The number of aromatic nitrogens is 4. The summed E-state index contributed by atoms with van der Waals surface area (Å²) in [6, 6.07) is 12.4. The van der Waals surface area contributed by atoms with Gasteiger partial charge in [0.15, 0.2) is 5.65 Å². The van der Waals surface area contributed by atoms with E-state index in [1.54, 1.807) is 12.4 Å². The van der Waals surface area contributed by atoms with E-state index < -0.39 is 0 Å². The minimum atomic E-state index is -0.313. The van der Waals surface area contributed by atoms with Crippen LogP contribution in [0.2, 0.25) is 0 Å². The van der Waals surface area contributed by atoms with E-state index in [2.05, 4.69) is 26.2 Å². The molecule has 1 aromatic carbocycles. The Balaban J connectivity index is 1.20. The average Bonchev–Trinajstić information content (AvgIpc) is 3.60. The summed E-state index contributed by atoms with van der Waals surface area (Å²) >= 11 is 0. The van der Waals surface area contributed by atoms with Gasteiger partial charge in [-0.2, -0.15) is 5.10 Å². The second-order valence-electron chi connectivity index (χ2n) is 8.92. The third kappa shape index (κ3) is 3.50. The van der Waals surface area contributed by atoms with E-state index >= 15 is 0 Å². The smallest absolute Gasteiger partial charge is 0.290 e. The summed E-state index contributed by atoms with van der Waals surface area (Å²) in [5, 5.41) is 7.93. The van der Waals surface area contributed by atoms with Gasteiger partial charge in [0, 0.05) is 53.6 Å². The Kier molecular flexibility index (Phi) is 4.75. The molecule has 2 fully saturated rings. The fourth-order valence-electron chi connectivity index (χ4n) is 5.31. The molecule has 0 saturated carbocycles. The van der Waals surface area contributed by atoms with Gasteiger partial charge in [0.1, 0.15) is 0 Å². The van der Waals surface area contributed by atoms with E-state index in [9.17, 15) is 9.59 Å². The lowest BCUT2D eigenvalue weighted by Gasteiger charge is -2.21. The van der Waals surface area contributed by atoms with E-state index in [4.69, 9.17) is 0 Å². The van der Waals surface area contributed by atoms with Gasteiger partial charge in [-0.3, -0.25) is 19.7 Å². The van der Waals surface area contributed by atoms with E-state index in [0.717, 1.165) is 64.5 Å². The summed E-state index contributed by atoms with van der Waals surface area (Å²) in [6.07, 6.45) is 11.5. The molecule has 2 aliphatic heterocycles. The summed E-state index contributed by atoms with van der Waals surface area (Å²) in [7, 11) is 0. The zero-order valence-corrected chi connectivity index (χ0v) is 18.1. The van der Waals surface area contributed by atoms with Crippen LogP contribution in [0.15, 0.2) is 61.2 Å². The van der Waals surface area contributed by atoms with Crippen molar-refractivity contribution in [3.05, 3.63) is 66.7 Å². The molecule has 33 heavy (non-hydrogen) atoms. The van der Waals surface area contributed by atoms with Crippen molar-refractivity contribution in [1.29, 1.82) is 0 Å². The summed E-state index contributed by atoms with van der Waals surface area (Å²) in [4.78, 5) is 35.9. The van der Waals surface area contributed by atoms with Crippen LogP contribution in [0.1, 0.15) is 31.2 Å². The molecule has 4 aromatic rings. The van der Waals surface area contributed by atoms with Crippen LogP contribution < -0.4 is 0 Å². The molecule has 7 nitrogen and oxygen atoms in total. The molecule has 2 bridgehead atoms. The van der Waals surface area contributed by atoms with Crippen molar-refractivity contribution in [2.24, 2.45) is 0 Å². The predicted octanol–water partition coefficient (Wildman–Crippen LogP) is 3.95. The minimum Gasteiger partial charge on any atom is -0.330 e. The van der Waals surface area contributed by atoms with Crippen molar-refractivity contribution in [2.45, 2.75) is 44.2 Å². The molecule has 164 valence electrons. The van der Waals surface area contributed by atoms with E-state index in [1.807, 2.05) is 47.6 Å². The number of pyridine rings is 2. The quantitative estimate of drug-likeness (QED) is 0.477. The number of fused-ring (bicyclic) bond motifs is 3. The zero-order chi connectivity index (χ0) is 22.4. The number of benzene rings is 1. The number of hydrogen-bond donors (Lipinski definition) is 1. The second kappa shape index (κ2) is 7.92. The van der Waals surface area contributed by atoms with Gasteiger partial charge in [-0.15, -0.1) is 0 Å². The normalized spacial score (nSPS) is 19.3. The topological polar surface area (TPSA) is 91.8 Å². The molecule has 0 spiro atoms. The Bertz CT molecular complexity index is 1340. The number of aromatic amines is 1. The number of nitrogens with one attached hydrogen (secondary N) is 1.